The first kappa shape index (κ1) is 18.1. The molecule has 3 rings (SSSR count). The van der Waals surface area contributed by atoms with Crippen molar-refractivity contribution >= 4 is 40.3 Å². The third-order valence-electron chi connectivity index (χ3n) is 3.60. The molecule has 0 saturated heterocycles. The van der Waals surface area contributed by atoms with Crippen LogP contribution in [0.25, 0.3) is 11.3 Å². The highest BCUT2D eigenvalue weighted by atomic mass is 32.1. The fourth-order valence-corrected chi connectivity index (χ4v) is 2.53. The normalized spacial score (nSPS) is 10.4. The number of anilines is 3. The van der Waals surface area contributed by atoms with Crippen molar-refractivity contribution in [3.63, 3.8) is 0 Å². The van der Waals surface area contributed by atoms with Crippen molar-refractivity contribution in [2.24, 2.45) is 5.73 Å². The number of hydrogen-bond acceptors (Lipinski definition) is 8. The molecule has 3 aromatic rings. The van der Waals surface area contributed by atoms with Gasteiger partial charge < -0.3 is 22.5 Å². The minimum Gasteiger partial charge on any atom is -0.397 e. The number of rotatable bonds is 4. The molecular weight excluding hydrogens is 364 g/mol. The van der Waals surface area contributed by atoms with Crippen LogP contribution in [0.4, 0.5) is 17.2 Å². The summed E-state index contributed by atoms with van der Waals surface area (Å²) < 4.78 is 0. The lowest BCUT2D eigenvalue weighted by atomic mass is 10.1. The number of aryl methyl sites for hydroxylation is 1. The van der Waals surface area contributed by atoms with E-state index < -0.39 is 5.91 Å². The number of nitrogens with two attached hydrogens (primary N) is 3. The van der Waals surface area contributed by atoms with Crippen LogP contribution in [-0.4, -0.2) is 30.8 Å². The number of nitrogens with one attached hydrogen (secondary N) is 1. The molecule has 3 aromatic heterocycles. The molecule has 10 heteroatoms. The second kappa shape index (κ2) is 7.30. The van der Waals surface area contributed by atoms with E-state index >= 15 is 0 Å². The molecule has 9 nitrogen and oxygen atoms in total. The van der Waals surface area contributed by atoms with Crippen molar-refractivity contribution in [2.75, 3.05) is 16.8 Å². The molecule has 136 valence electrons. The van der Waals surface area contributed by atoms with Gasteiger partial charge >= 0.3 is 0 Å². The van der Waals surface area contributed by atoms with Gasteiger partial charge in [-0.05, 0) is 25.1 Å². The van der Waals surface area contributed by atoms with Gasteiger partial charge in [0, 0.05) is 17.8 Å². The number of nitrogens with zero attached hydrogens (tertiary/aromatic N) is 4. The van der Waals surface area contributed by atoms with Gasteiger partial charge in [-0.15, -0.1) is 0 Å². The maximum atomic E-state index is 12.7. The van der Waals surface area contributed by atoms with Gasteiger partial charge in [0.2, 0.25) is 0 Å². The number of pyridine rings is 2. The van der Waals surface area contributed by atoms with E-state index in [1.807, 2.05) is 0 Å². The molecule has 0 saturated carbocycles. The van der Waals surface area contributed by atoms with E-state index in [2.05, 4.69) is 25.3 Å². The van der Waals surface area contributed by atoms with Crippen LogP contribution in [0.3, 0.4) is 0 Å². The molecule has 1 amide bonds. The first-order chi connectivity index (χ1) is 12.8. The minimum atomic E-state index is -0.529. The Labute approximate surface area is 160 Å². The van der Waals surface area contributed by atoms with Gasteiger partial charge in [0.05, 0.1) is 29.0 Å². The maximum absolute atomic E-state index is 12.7. The Morgan fingerprint density at radius 3 is 2.63 bits per heavy atom. The molecule has 0 spiro atoms. The molecule has 3 heterocycles. The van der Waals surface area contributed by atoms with E-state index in [9.17, 15) is 4.79 Å². The predicted octanol–water partition coefficient (Wildman–Crippen LogP) is 1.29. The molecule has 0 aliphatic rings. The quantitative estimate of drug-likeness (QED) is 0.489. The Morgan fingerprint density at radius 2 is 1.93 bits per heavy atom. The Hall–Kier alpha value is -3.66. The van der Waals surface area contributed by atoms with Crippen molar-refractivity contribution in [1.82, 2.24) is 19.9 Å². The topological polar surface area (TPSA) is 159 Å². The second-order valence-electron chi connectivity index (χ2n) is 5.60. The number of hydrogen-bond donors (Lipinski definition) is 4. The first-order valence-corrected chi connectivity index (χ1v) is 8.19. The second-order valence-corrected chi connectivity index (χ2v) is 6.04. The first-order valence-electron chi connectivity index (χ1n) is 7.78. The Bertz CT molecular complexity index is 1030. The lowest BCUT2D eigenvalue weighted by Crippen LogP contribution is -2.20. The third kappa shape index (κ3) is 3.96. The third-order valence-corrected chi connectivity index (χ3v) is 3.81. The summed E-state index contributed by atoms with van der Waals surface area (Å²) in [6, 6.07) is 6.39. The maximum Gasteiger partial charge on any atom is 0.276 e. The minimum absolute atomic E-state index is 0.00786. The summed E-state index contributed by atoms with van der Waals surface area (Å²) in [5.41, 5.74) is 19.3. The van der Waals surface area contributed by atoms with E-state index in [1.165, 1.54) is 12.3 Å². The average Bonchev–Trinajstić information content (AvgIpc) is 2.61. The monoisotopic (exact) mass is 380 g/mol. The number of nitrogen functional groups attached to an aromatic ring is 2. The number of carbonyl (C=O) groups is 1. The van der Waals surface area contributed by atoms with E-state index in [0.29, 0.717) is 34.3 Å². The Morgan fingerprint density at radius 1 is 1.15 bits per heavy atom. The van der Waals surface area contributed by atoms with Crippen molar-refractivity contribution in [1.29, 1.82) is 0 Å². The lowest BCUT2D eigenvalue weighted by molar-refractivity contribution is 0.102. The summed E-state index contributed by atoms with van der Waals surface area (Å²) in [5, 5.41) is 2.74. The molecule has 0 unspecified atom stereocenters. The van der Waals surface area contributed by atoms with Crippen molar-refractivity contribution in [2.45, 2.75) is 6.92 Å². The van der Waals surface area contributed by atoms with Crippen molar-refractivity contribution in [3.8, 4) is 11.3 Å². The number of thiocarbonyl (C=S) groups is 1. The molecule has 0 fully saturated rings. The van der Waals surface area contributed by atoms with Crippen LogP contribution in [0.2, 0.25) is 0 Å². The van der Waals surface area contributed by atoms with Gasteiger partial charge in [-0.25, -0.2) is 15.0 Å². The van der Waals surface area contributed by atoms with E-state index in [0.717, 1.165) is 0 Å². The molecule has 0 aromatic carbocycles. The summed E-state index contributed by atoms with van der Waals surface area (Å²) in [6.45, 7) is 1.73. The molecule has 0 bridgehead atoms. The average molecular weight is 380 g/mol. The zero-order valence-electron chi connectivity index (χ0n) is 14.3. The van der Waals surface area contributed by atoms with Crippen LogP contribution in [0.15, 0.2) is 36.7 Å². The van der Waals surface area contributed by atoms with Crippen LogP contribution >= 0.6 is 12.2 Å². The van der Waals surface area contributed by atoms with Crippen molar-refractivity contribution < 1.29 is 4.79 Å². The van der Waals surface area contributed by atoms with Crippen molar-refractivity contribution in [3.05, 3.63) is 53.9 Å². The smallest absolute Gasteiger partial charge is 0.276 e. The summed E-state index contributed by atoms with van der Waals surface area (Å²) in [5.74, 6) is 0.300. The summed E-state index contributed by atoms with van der Waals surface area (Å²) in [7, 11) is 0. The fourth-order valence-electron chi connectivity index (χ4n) is 2.42. The van der Waals surface area contributed by atoms with Gasteiger partial charge in [0.15, 0.2) is 5.69 Å². The molecule has 0 aliphatic carbocycles. The van der Waals surface area contributed by atoms with Gasteiger partial charge in [-0.3, -0.25) is 9.78 Å². The Kier molecular flexibility index (Phi) is 4.90. The van der Waals surface area contributed by atoms with Gasteiger partial charge in [0.1, 0.15) is 16.6 Å². The van der Waals surface area contributed by atoms with Gasteiger partial charge in [-0.1, -0.05) is 12.2 Å². The fraction of sp³-hybridized carbons (Fsp3) is 0.0588. The highest BCUT2D eigenvalue weighted by Gasteiger charge is 2.17. The van der Waals surface area contributed by atoms with Crippen LogP contribution in [0.5, 0.6) is 0 Å². The molecule has 7 N–H and O–H groups in total. The SMILES string of the molecule is Cc1nc(N)cc(-c2ccncc2NC(=O)c2nc(C(N)=S)ccc2N)n1. The van der Waals surface area contributed by atoms with E-state index in [4.69, 9.17) is 29.4 Å². The molecule has 27 heavy (non-hydrogen) atoms. The molecular formula is C17H16N8OS. The zero-order chi connectivity index (χ0) is 19.6. The van der Waals surface area contributed by atoms with Crippen LogP contribution in [0.1, 0.15) is 22.0 Å². The molecule has 0 aliphatic heterocycles. The van der Waals surface area contributed by atoms with E-state index in [-0.39, 0.29) is 16.4 Å². The molecule has 0 atom stereocenters. The number of carbonyl (C=O) groups excluding carboxylic acids is 1. The van der Waals surface area contributed by atoms with Crippen LogP contribution in [0, 0.1) is 6.92 Å². The summed E-state index contributed by atoms with van der Waals surface area (Å²) in [6.07, 6.45) is 3.08. The number of aromatic nitrogens is 4. The highest BCUT2D eigenvalue weighted by molar-refractivity contribution is 7.80. The standard InChI is InChI=1S/C17H16N8OS/c1-8-22-12(6-14(19)23-8)9-4-5-21-7-13(9)25-17(26)15-10(18)2-3-11(24-15)16(20)27/h2-7H,18H2,1H3,(H2,20,27)(H,25,26)(H2,19,22,23). The van der Waals surface area contributed by atoms with Gasteiger partial charge in [-0.2, -0.15) is 0 Å². The predicted molar refractivity (Wildman–Crippen MR) is 107 cm³/mol. The summed E-state index contributed by atoms with van der Waals surface area (Å²) >= 11 is 4.90. The van der Waals surface area contributed by atoms with E-state index in [1.54, 1.807) is 31.3 Å². The lowest BCUT2D eigenvalue weighted by Gasteiger charge is -2.12. The number of amides is 1. The van der Waals surface area contributed by atoms with Gasteiger partial charge in [0.25, 0.3) is 5.91 Å². The largest absolute Gasteiger partial charge is 0.397 e. The van der Waals surface area contributed by atoms with Crippen LogP contribution < -0.4 is 22.5 Å². The molecule has 0 radical (unpaired) electrons. The Balaban J connectivity index is 1.99. The highest BCUT2D eigenvalue weighted by Crippen LogP contribution is 2.27. The van der Waals surface area contributed by atoms with Crippen LogP contribution in [-0.2, 0) is 0 Å². The summed E-state index contributed by atoms with van der Waals surface area (Å²) in [4.78, 5) is 29.4. The zero-order valence-corrected chi connectivity index (χ0v) is 15.1.